The van der Waals surface area contributed by atoms with Gasteiger partial charge in [0.2, 0.25) is 0 Å². The predicted molar refractivity (Wildman–Crippen MR) is 47.7 cm³/mol. The molecule has 0 saturated heterocycles. The van der Waals surface area contributed by atoms with Crippen LogP contribution in [0.1, 0.15) is 19.8 Å². The average molecular weight is 157 g/mol. The molecule has 0 aromatic rings. The van der Waals surface area contributed by atoms with Crippen LogP contribution in [0.5, 0.6) is 0 Å². The summed E-state index contributed by atoms with van der Waals surface area (Å²) in [5.74, 6) is 0. The van der Waals surface area contributed by atoms with Crippen LogP contribution in [0.3, 0.4) is 0 Å². The maximum absolute atomic E-state index is 8.46. The summed E-state index contributed by atoms with van der Waals surface area (Å²) < 4.78 is 0. The minimum absolute atomic E-state index is 0.184. The molecular formula is C7H15NOSi. The molecule has 0 bridgehead atoms. The second-order valence-corrected chi connectivity index (χ2v) is 3.90. The monoisotopic (exact) mass is 157 g/mol. The second-order valence-electron chi connectivity index (χ2n) is 2.24. The Hall–Kier alpha value is -0.573. The van der Waals surface area contributed by atoms with E-state index in [0.29, 0.717) is 0 Å². The molecule has 0 amide bonds. The summed E-state index contributed by atoms with van der Waals surface area (Å²) in [6, 6.07) is 0.980. The summed E-state index contributed by atoms with van der Waals surface area (Å²) in [5.41, 5.74) is 2.91. The summed E-state index contributed by atoms with van der Waals surface area (Å²) in [6.45, 7) is 5.74. The van der Waals surface area contributed by atoms with Crippen LogP contribution in [-0.4, -0.2) is 20.4 Å². The molecule has 0 aromatic carbocycles. The van der Waals surface area contributed by atoms with Gasteiger partial charge in [-0.2, -0.15) is 0 Å². The lowest BCUT2D eigenvalue weighted by Crippen LogP contribution is -2.00. The van der Waals surface area contributed by atoms with Gasteiger partial charge < -0.3 is 5.21 Å². The van der Waals surface area contributed by atoms with E-state index in [2.05, 4.69) is 18.7 Å². The lowest BCUT2D eigenvalue weighted by Gasteiger charge is -1.97. The van der Waals surface area contributed by atoms with Gasteiger partial charge in [0.1, 0.15) is 0 Å². The zero-order chi connectivity index (χ0) is 7.82. The van der Waals surface area contributed by atoms with Gasteiger partial charge in [-0.1, -0.05) is 18.5 Å². The zero-order valence-corrected chi connectivity index (χ0v) is 7.92. The van der Waals surface area contributed by atoms with Gasteiger partial charge in [0.15, 0.2) is 0 Å². The quantitative estimate of drug-likeness (QED) is 0.278. The number of rotatable bonds is 5. The molecule has 0 unspecified atom stereocenters. The van der Waals surface area contributed by atoms with Crippen molar-refractivity contribution in [2.24, 2.45) is 5.16 Å². The van der Waals surface area contributed by atoms with Gasteiger partial charge in [0.25, 0.3) is 0 Å². The highest BCUT2D eigenvalue weighted by Crippen LogP contribution is 1.96. The van der Waals surface area contributed by atoms with E-state index in [1.165, 1.54) is 0 Å². The van der Waals surface area contributed by atoms with Crippen LogP contribution in [0.15, 0.2) is 17.4 Å². The molecule has 0 atom stereocenters. The molecule has 0 aromatic heterocycles. The largest absolute Gasteiger partial charge is 0.411 e. The van der Waals surface area contributed by atoms with E-state index in [1.54, 1.807) is 0 Å². The van der Waals surface area contributed by atoms with E-state index in [1.807, 2.05) is 5.70 Å². The van der Waals surface area contributed by atoms with Crippen LogP contribution in [0.2, 0.25) is 6.04 Å². The Morgan fingerprint density at radius 1 is 1.80 bits per heavy atom. The van der Waals surface area contributed by atoms with E-state index in [0.717, 1.165) is 24.6 Å². The first-order valence-corrected chi connectivity index (χ1v) is 5.47. The molecule has 10 heavy (non-hydrogen) atoms. The third-order valence-corrected chi connectivity index (χ3v) is 2.59. The van der Waals surface area contributed by atoms with Crippen LogP contribution < -0.4 is 0 Å². The molecular weight excluding hydrogens is 142 g/mol. The highest BCUT2D eigenvalue weighted by atomic mass is 28.2. The van der Waals surface area contributed by atoms with Gasteiger partial charge in [-0.25, -0.2) is 0 Å². The first-order valence-electron chi connectivity index (χ1n) is 3.65. The summed E-state index contributed by atoms with van der Waals surface area (Å²) >= 11 is 0. The lowest BCUT2D eigenvalue weighted by molar-refractivity contribution is 0.317. The maximum atomic E-state index is 8.46. The Kier molecular flexibility index (Phi) is 6.17. The van der Waals surface area contributed by atoms with Crippen molar-refractivity contribution in [3.63, 3.8) is 0 Å². The van der Waals surface area contributed by atoms with Crippen LogP contribution in [0.25, 0.3) is 0 Å². The van der Waals surface area contributed by atoms with Crippen molar-refractivity contribution in [2.45, 2.75) is 25.8 Å². The SMILES string of the molecule is C=C[SiH2]CC(CCC)=NO. The Balaban J connectivity index is 3.51. The van der Waals surface area contributed by atoms with Crippen LogP contribution in [-0.2, 0) is 0 Å². The summed E-state index contributed by atoms with van der Waals surface area (Å²) in [4.78, 5) is 0. The lowest BCUT2D eigenvalue weighted by atomic mass is 10.2. The fourth-order valence-electron chi connectivity index (χ4n) is 0.782. The normalized spacial score (nSPS) is 12.7. The molecule has 0 aliphatic heterocycles. The molecule has 0 aliphatic rings. The Morgan fingerprint density at radius 2 is 2.50 bits per heavy atom. The average Bonchev–Trinajstić information content (AvgIpc) is 1.98. The molecule has 0 aliphatic carbocycles. The molecule has 0 fully saturated rings. The Morgan fingerprint density at radius 3 is 2.90 bits per heavy atom. The van der Waals surface area contributed by atoms with Crippen LogP contribution in [0.4, 0.5) is 0 Å². The van der Waals surface area contributed by atoms with Gasteiger partial charge in [-0.3, -0.25) is 0 Å². The Bertz CT molecular complexity index is 123. The number of hydrogen-bond donors (Lipinski definition) is 1. The minimum atomic E-state index is -0.184. The van der Waals surface area contributed by atoms with E-state index in [-0.39, 0.29) is 9.52 Å². The third-order valence-electron chi connectivity index (χ3n) is 1.32. The molecule has 2 nitrogen and oxygen atoms in total. The summed E-state index contributed by atoms with van der Waals surface area (Å²) in [7, 11) is -0.184. The second kappa shape index (κ2) is 6.55. The van der Waals surface area contributed by atoms with Gasteiger partial charge in [0, 0.05) is 0 Å². The zero-order valence-electron chi connectivity index (χ0n) is 6.51. The van der Waals surface area contributed by atoms with Gasteiger partial charge in [0.05, 0.1) is 15.2 Å². The molecule has 0 heterocycles. The van der Waals surface area contributed by atoms with Crippen molar-refractivity contribution in [2.75, 3.05) is 0 Å². The van der Waals surface area contributed by atoms with Crippen molar-refractivity contribution in [1.29, 1.82) is 0 Å². The predicted octanol–water partition coefficient (Wildman–Crippen LogP) is 1.35. The molecule has 0 radical (unpaired) electrons. The van der Waals surface area contributed by atoms with Crippen molar-refractivity contribution < 1.29 is 5.21 Å². The van der Waals surface area contributed by atoms with Gasteiger partial charge >= 0.3 is 0 Å². The maximum Gasteiger partial charge on any atom is 0.0542 e. The molecule has 0 saturated carbocycles. The van der Waals surface area contributed by atoms with E-state index in [4.69, 9.17) is 5.21 Å². The highest BCUT2D eigenvalue weighted by molar-refractivity contribution is 6.47. The molecule has 0 spiro atoms. The highest BCUT2D eigenvalue weighted by Gasteiger charge is 1.95. The molecule has 1 N–H and O–H groups in total. The van der Waals surface area contributed by atoms with Crippen molar-refractivity contribution in [3.05, 3.63) is 12.3 Å². The fraction of sp³-hybridized carbons (Fsp3) is 0.571. The smallest absolute Gasteiger partial charge is 0.0542 e. The fourth-order valence-corrected chi connectivity index (χ4v) is 1.67. The topological polar surface area (TPSA) is 32.6 Å². The summed E-state index contributed by atoms with van der Waals surface area (Å²) in [6.07, 6.45) is 1.99. The first-order chi connectivity index (χ1) is 4.85. The molecule has 3 heteroatoms. The van der Waals surface area contributed by atoms with Gasteiger partial charge in [-0.05, 0) is 12.5 Å². The minimum Gasteiger partial charge on any atom is -0.411 e. The molecule has 58 valence electrons. The number of hydrogen-bond acceptors (Lipinski definition) is 2. The van der Waals surface area contributed by atoms with Crippen molar-refractivity contribution >= 4 is 15.2 Å². The number of oxime groups is 1. The van der Waals surface area contributed by atoms with Crippen molar-refractivity contribution in [1.82, 2.24) is 0 Å². The van der Waals surface area contributed by atoms with Crippen LogP contribution in [0, 0.1) is 0 Å². The van der Waals surface area contributed by atoms with Gasteiger partial charge in [-0.15, -0.1) is 12.3 Å². The van der Waals surface area contributed by atoms with Crippen molar-refractivity contribution in [3.8, 4) is 0 Å². The van der Waals surface area contributed by atoms with E-state index < -0.39 is 0 Å². The molecule has 0 rings (SSSR count). The summed E-state index contributed by atoms with van der Waals surface area (Å²) in [5, 5.41) is 11.7. The number of nitrogens with zero attached hydrogens (tertiary/aromatic N) is 1. The van der Waals surface area contributed by atoms with Crippen LogP contribution >= 0.6 is 0 Å². The van der Waals surface area contributed by atoms with E-state index >= 15 is 0 Å². The first kappa shape index (κ1) is 9.43. The van der Waals surface area contributed by atoms with E-state index in [9.17, 15) is 0 Å². The Labute approximate surface area is 64.5 Å². The third kappa shape index (κ3) is 4.32. The standard InChI is InChI=1S/C7H15NOSi/c1-3-5-7(8-9)6-10-4-2/h4,9H,2-3,5-6,10H2,1H3.